The molecule has 0 amide bonds. The molecule has 0 radical (unpaired) electrons. The third kappa shape index (κ3) is 2.32. The SMILES string of the molecule is CCC(C)[C@H](N)c1nc(C(C)C)no1. The van der Waals surface area contributed by atoms with Crippen molar-refractivity contribution in [2.75, 3.05) is 0 Å². The van der Waals surface area contributed by atoms with Crippen LogP contribution in [0.5, 0.6) is 0 Å². The van der Waals surface area contributed by atoms with Crippen LogP contribution in [-0.2, 0) is 0 Å². The van der Waals surface area contributed by atoms with Crippen LogP contribution >= 0.6 is 0 Å². The van der Waals surface area contributed by atoms with Gasteiger partial charge < -0.3 is 10.3 Å². The highest BCUT2D eigenvalue weighted by atomic mass is 16.5. The van der Waals surface area contributed by atoms with Gasteiger partial charge in [0, 0.05) is 5.92 Å². The highest BCUT2D eigenvalue weighted by Gasteiger charge is 2.20. The number of hydrogen-bond acceptors (Lipinski definition) is 4. The molecule has 1 unspecified atom stereocenters. The Labute approximate surface area is 84.9 Å². The zero-order valence-corrected chi connectivity index (χ0v) is 9.32. The molecule has 1 rings (SSSR count). The molecule has 0 aliphatic carbocycles. The van der Waals surface area contributed by atoms with Crippen LogP contribution in [0, 0.1) is 5.92 Å². The van der Waals surface area contributed by atoms with Crippen molar-refractivity contribution >= 4 is 0 Å². The third-order valence-corrected chi connectivity index (χ3v) is 2.52. The lowest BCUT2D eigenvalue weighted by Crippen LogP contribution is -2.18. The van der Waals surface area contributed by atoms with Crippen LogP contribution in [0.1, 0.15) is 57.8 Å². The summed E-state index contributed by atoms with van der Waals surface area (Å²) in [7, 11) is 0. The summed E-state index contributed by atoms with van der Waals surface area (Å²) in [4.78, 5) is 4.28. The molecule has 2 N–H and O–H groups in total. The molecule has 4 nitrogen and oxygen atoms in total. The minimum atomic E-state index is -0.139. The smallest absolute Gasteiger partial charge is 0.243 e. The first kappa shape index (κ1) is 11.2. The maximum atomic E-state index is 5.97. The molecule has 14 heavy (non-hydrogen) atoms. The van der Waals surface area contributed by atoms with Crippen LogP contribution in [0.3, 0.4) is 0 Å². The standard InChI is InChI=1S/C10H19N3O/c1-5-7(4)8(11)10-12-9(6(2)3)13-14-10/h6-8H,5,11H2,1-4H3/t7?,8-/m0/s1. The Kier molecular flexibility index (Phi) is 3.63. The van der Waals surface area contributed by atoms with E-state index in [1.807, 2.05) is 13.8 Å². The molecule has 0 spiro atoms. The molecule has 0 saturated heterocycles. The number of hydrogen-bond donors (Lipinski definition) is 1. The zero-order valence-electron chi connectivity index (χ0n) is 9.32. The van der Waals surface area contributed by atoms with Gasteiger partial charge in [0.1, 0.15) is 0 Å². The van der Waals surface area contributed by atoms with E-state index in [2.05, 4.69) is 24.0 Å². The fourth-order valence-corrected chi connectivity index (χ4v) is 1.11. The Morgan fingerprint density at radius 1 is 1.36 bits per heavy atom. The Balaban J connectivity index is 2.76. The summed E-state index contributed by atoms with van der Waals surface area (Å²) < 4.78 is 5.12. The van der Waals surface area contributed by atoms with E-state index in [1.165, 1.54) is 0 Å². The van der Waals surface area contributed by atoms with Crippen molar-refractivity contribution in [1.82, 2.24) is 10.1 Å². The van der Waals surface area contributed by atoms with Crippen LogP contribution in [0.4, 0.5) is 0 Å². The molecule has 1 heterocycles. The van der Waals surface area contributed by atoms with Crippen molar-refractivity contribution in [2.45, 2.75) is 46.1 Å². The van der Waals surface area contributed by atoms with Gasteiger partial charge in [-0.05, 0) is 5.92 Å². The topological polar surface area (TPSA) is 64.9 Å². The van der Waals surface area contributed by atoms with Crippen molar-refractivity contribution in [3.05, 3.63) is 11.7 Å². The van der Waals surface area contributed by atoms with Crippen molar-refractivity contribution in [3.63, 3.8) is 0 Å². The van der Waals surface area contributed by atoms with Gasteiger partial charge in [-0.25, -0.2) is 0 Å². The van der Waals surface area contributed by atoms with Crippen LogP contribution < -0.4 is 5.73 Å². The second kappa shape index (κ2) is 4.55. The van der Waals surface area contributed by atoms with E-state index in [0.717, 1.165) is 12.2 Å². The van der Waals surface area contributed by atoms with Crippen LogP contribution in [0.25, 0.3) is 0 Å². The largest absolute Gasteiger partial charge is 0.338 e. The number of nitrogens with zero attached hydrogens (tertiary/aromatic N) is 2. The maximum Gasteiger partial charge on any atom is 0.243 e. The molecule has 0 saturated carbocycles. The molecule has 1 aromatic rings. The average molecular weight is 197 g/mol. The van der Waals surface area contributed by atoms with E-state index < -0.39 is 0 Å². The predicted octanol–water partition coefficient (Wildman–Crippen LogP) is 2.24. The quantitative estimate of drug-likeness (QED) is 0.803. The zero-order chi connectivity index (χ0) is 10.7. The minimum absolute atomic E-state index is 0.139. The highest BCUT2D eigenvalue weighted by Crippen LogP contribution is 2.21. The summed E-state index contributed by atoms with van der Waals surface area (Å²) in [6.07, 6.45) is 1.01. The van der Waals surface area contributed by atoms with E-state index in [0.29, 0.717) is 11.8 Å². The monoisotopic (exact) mass is 197 g/mol. The van der Waals surface area contributed by atoms with Gasteiger partial charge in [-0.2, -0.15) is 4.98 Å². The van der Waals surface area contributed by atoms with Crippen molar-refractivity contribution in [3.8, 4) is 0 Å². The fraction of sp³-hybridized carbons (Fsp3) is 0.800. The van der Waals surface area contributed by atoms with E-state index in [-0.39, 0.29) is 12.0 Å². The molecule has 0 bridgehead atoms. The van der Waals surface area contributed by atoms with Crippen molar-refractivity contribution in [1.29, 1.82) is 0 Å². The third-order valence-electron chi connectivity index (χ3n) is 2.52. The van der Waals surface area contributed by atoms with Crippen LogP contribution in [-0.4, -0.2) is 10.1 Å². The molecule has 2 atom stereocenters. The summed E-state index contributed by atoms with van der Waals surface area (Å²) in [6, 6.07) is -0.139. The van der Waals surface area contributed by atoms with Crippen molar-refractivity contribution < 1.29 is 4.52 Å². The lowest BCUT2D eigenvalue weighted by molar-refractivity contribution is 0.310. The molecule has 4 heteroatoms. The first-order valence-electron chi connectivity index (χ1n) is 5.15. The molecule has 0 aliphatic heterocycles. The number of aromatic nitrogens is 2. The van der Waals surface area contributed by atoms with Gasteiger partial charge in [0.05, 0.1) is 6.04 Å². The van der Waals surface area contributed by atoms with Crippen LogP contribution in [0.15, 0.2) is 4.52 Å². The maximum absolute atomic E-state index is 5.97. The Morgan fingerprint density at radius 2 is 2.00 bits per heavy atom. The summed E-state index contributed by atoms with van der Waals surface area (Å²) in [5.74, 6) is 1.95. The Hall–Kier alpha value is -0.900. The van der Waals surface area contributed by atoms with Gasteiger partial charge in [-0.1, -0.05) is 39.3 Å². The molecule has 1 aromatic heterocycles. The molecule has 80 valence electrons. The van der Waals surface area contributed by atoms with E-state index in [4.69, 9.17) is 10.3 Å². The highest BCUT2D eigenvalue weighted by molar-refractivity contribution is 4.96. The molecule has 0 aliphatic rings. The Morgan fingerprint density at radius 3 is 2.43 bits per heavy atom. The second-order valence-electron chi connectivity index (χ2n) is 4.06. The molecular formula is C10H19N3O. The molecule has 0 aromatic carbocycles. The van der Waals surface area contributed by atoms with Gasteiger partial charge in [0.15, 0.2) is 5.82 Å². The fourth-order valence-electron chi connectivity index (χ4n) is 1.11. The van der Waals surface area contributed by atoms with Crippen molar-refractivity contribution in [2.24, 2.45) is 11.7 Å². The van der Waals surface area contributed by atoms with E-state index >= 15 is 0 Å². The van der Waals surface area contributed by atoms with Gasteiger partial charge in [-0.15, -0.1) is 0 Å². The minimum Gasteiger partial charge on any atom is -0.338 e. The first-order chi connectivity index (χ1) is 6.56. The van der Waals surface area contributed by atoms with E-state index in [1.54, 1.807) is 0 Å². The second-order valence-corrected chi connectivity index (χ2v) is 4.06. The van der Waals surface area contributed by atoms with Gasteiger partial charge in [-0.3, -0.25) is 0 Å². The van der Waals surface area contributed by atoms with Gasteiger partial charge >= 0.3 is 0 Å². The summed E-state index contributed by atoms with van der Waals surface area (Å²) >= 11 is 0. The molecular weight excluding hydrogens is 178 g/mol. The predicted molar refractivity (Wildman–Crippen MR) is 54.8 cm³/mol. The summed E-state index contributed by atoms with van der Waals surface area (Å²) in [6.45, 7) is 8.25. The summed E-state index contributed by atoms with van der Waals surface area (Å²) in [5, 5.41) is 3.89. The number of rotatable bonds is 4. The lowest BCUT2D eigenvalue weighted by atomic mass is 10.0. The lowest BCUT2D eigenvalue weighted by Gasteiger charge is -2.13. The van der Waals surface area contributed by atoms with Gasteiger partial charge in [0.25, 0.3) is 0 Å². The first-order valence-corrected chi connectivity index (χ1v) is 5.15. The normalized spacial score (nSPS) is 15.9. The van der Waals surface area contributed by atoms with Gasteiger partial charge in [0.2, 0.25) is 5.89 Å². The average Bonchev–Trinajstić information content (AvgIpc) is 2.64. The summed E-state index contributed by atoms with van der Waals surface area (Å²) in [5.41, 5.74) is 5.97. The Bertz CT molecular complexity index is 283. The van der Waals surface area contributed by atoms with Crippen LogP contribution in [0.2, 0.25) is 0 Å². The number of nitrogens with two attached hydrogens (primary N) is 1. The van der Waals surface area contributed by atoms with E-state index in [9.17, 15) is 0 Å². The molecule has 0 fully saturated rings.